The largest absolute Gasteiger partial charge is 0.291 e. The third kappa shape index (κ3) is 1.53. The van der Waals surface area contributed by atoms with E-state index in [4.69, 9.17) is 0 Å². The molecule has 0 bridgehead atoms. The monoisotopic (exact) mass is 242 g/mol. The van der Waals surface area contributed by atoms with Crippen LogP contribution in [0.2, 0.25) is 0 Å². The molecule has 0 saturated carbocycles. The van der Waals surface area contributed by atoms with Gasteiger partial charge in [-0.15, -0.1) is 0 Å². The minimum absolute atomic E-state index is 0.327. The average Bonchev–Trinajstić information content (AvgIpc) is 2.12. The molecular weight excluding hydrogens is 235 g/mol. The number of rotatable bonds is 0. The number of halogens is 2. The molecule has 13 heavy (non-hydrogen) atoms. The number of ketones is 1. The molecule has 0 spiro atoms. The first-order valence-corrected chi connectivity index (χ1v) is 4.94. The van der Waals surface area contributed by atoms with Crippen molar-refractivity contribution in [2.45, 2.75) is 19.0 Å². The summed E-state index contributed by atoms with van der Waals surface area (Å²) < 4.78 is 13.9. The van der Waals surface area contributed by atoms with Crippen molar-refractivity contribution in [1.29, 1.82) is 0 Å². The van der Waals surface area contributed by atoms with Crippen LogP contribution in [0.4, 0.5) is 4.39 Å². The number of carbonyl (C=O) groups excluding carboxylic acids is 1. The molecule has 0 aliphatic heterocycles. The van der Waals surface area contributed by atoms with Crippen LogP contribution in [0.25, 0.3) is 0 Å². The molecule has 1 aliphatic rings. The highest BCUT2D eigenvalue weighted by Gasteiger charge is 2.26. The van der Waals surface area contributed by atoms with Gasteiger partial charge >= 0.3 is 0 Å². The summed E-state index contributed by atoms with van der Waals surface area (Å²) in [4.78, 5) is 11.4. The summed E-state index contributed by atoms with van der Waals surface area (Å²) in [5.74, 6) is -0.373. The highest BCUT2D eigenvalue weighted by Crippen LogP contribution is 2.25. The van der Waals surface area contributed by atoms with Crippen LogP contribution in [0, 0.1) is 0 Å². The van der Waals surface area contributed by atoms with Crippen molar-refractivity contribution in [1.82, 2.24) is 0 Å². The fourth-order valence-electron chi connectivity index (χ4n) is 1.58. The predicted octanol–water partition coefficient (Wildman–Crippen LogP) is 2.92. The summed E-state index contributed by atoms with van der Waals surface area (Å²) in [5.41, 5.74) is 1.50. The first kappa shape index (κ1) is 8.88. The standard InChI is InChI=1S/C10H8BrFO/c11-7-3-1-6-2-4-9(12)10(13)8(6)5-7/h1,3,5,9H,2,4H2/t9-/m1/s1. The lowest BCUT2D eigenvalue weighted by molar-refractivity contribution is 0.0856. The molecule has 0 amide bonds. The summed E-state index contributed by atoms with van der Waals surface area (Å²) in [6, 6.07) is 5.46. The van der Waals surface area contributed by atoms with Gasteiger partial charge in [-0.1, -0.05) is 22.0 Å². The smallest absolute Gasteiger partial charge is 0.197 e. The second-order valence-electron chi connectivity index (χ2n) is 3.17. The van der Waals surface area contributed by atoms with Gasteiger partial charge in [0.15, 0.2) is 12.0 Å². The molecule has 1 aromatic carbocycles. The molecule has 1 aromatic rings. The summed E-state index contributed by atoms with van der Waals surface area (Å²) in [5, 5.41) is 0. The molecule has 1 aliphatic carbocycles. The lowest BCUT2D eigenvalue weighted by Gasteiger charge is -2.17. The van der Waals surface area contributed by atoms with Gasteiger partial charge < -0.3 is 0 Å². The van der Waals surface area contributed by atoms with E-state index in [1.54, 1.807) is 6.07 Å². The van der Waals surface area contributed by atoms with Crippen molar-refractivity contribution in [2.24, 2.45) is 0 Å². The fraction of sp³-hybridized carbons (Fsp3) is 0.300. The van der Waals surface area contributed by atoms with E-state index in [1.165, 1.54) is 0 Å². The SMILES string of the molecule is O=C1c2cc(Br)ccc2CC[C@H]1F. The van der Waals surface area contributed by atoms with Crippen molar-refractivity contribution in [3.8, 4) is 0 Å². The number of carbonyl (C=O) groups is 1. The van der Waals surface area contributed by atoms with E-state index >= 15 is 0 Å². The molecule has 1 nitrogen and oxygen atoms in total. The Hall–Kier alpha value is -0.700. The Labute approximate surface area is 84.1 Å². The number of Topliss-reactive ketones (excluding diaryl/α,β-unsaturated/α-hetero) is 1. The molecular formula is C10H8BrFO. The molecule has 2 rings (SSSR count). The van der Waals surface area contributed by atoms with Gasteiger partial charge in [0.25, 0.3) is 0 Å². The molecule has 0 unspecified atom stereocenters. The van der Waals surface area contributed by atoms with Crippen LogP contribution < -0.4 is 0 Å². The Kier molecular flexibility index (Phi) is 2.20. The average molecular weight is 243 g/mol. The van der Waals surface area contributed by atoms with E-state index in [0.717, 1.165) is 10.0 Å². The maximum atomic E-state index is 13.0. The molecule has 0 saturated heterocycles. The maximum Gasteiger partial charge on any atom is 0.197 e. The Morgan fingerprint density at radius 3 is 3.00 bits per heavy atom. The van der Waals surface area contributed by atoms with E-state index in [0.29, 0.717) is 18.4 Å². The van der Waals surface area contributed by atoms with Crippen molar-refractivity contribution < 1.29 is 9.18 Å². The van der Waals surface area contributed by atoms with Gasteiger partial charge in [-0.3, -0.25) is 4.79 Å². The Morgan fingerprint density at radius 2 is 2.23 bits per heavy atom. The first-order valence-electron chi connectivity index (χ1n) is 4.15. The topological polar surface area (TPSA) is 17.1 Å². The molecule has 3 heteroatoms. The van der Waals surface area contributed by atoms with Crippen molar-refractivity contribution in [2.75, 3.05) is 0 Å². The highest BCUT2D eigenvalue weighted by atomic mass is 79.9. The van der Waals surface area contributed by atoms with Crippen LogP contribution in [0.5, 0.6) is 0 Å². The van der Waals surface area contributed by atoms with Gasteiger partial charge in [-0.05, 0) is 30.5 Å². The maximum absolute atomic E-state index is 13.0. The van der Waals surface area contributed by atoms with E-state index < -0.39 is 6.17 Å². The van der Waals surface area contributed by atoms with Gasteiger partial charge in [0.2, 0.25) is 0 Å². The van der Waals surface area contributed by atoms with Crippen molar-refractivity contribution in [3.63, 3.8) is 0 Å². The highest BCUT2D eigenvalue weighted by molar-refractivity contribution is 9.10. The summed E-state index contributed by atoms with van der Waals surface area (Å²) in [7, 11) is 0. The van der Waals surface area contributed by atoms with Crippen molar-refractivity contribution in [3.05, 3.63) is 33.8 Å². The number of fused-ring (bicyclic) bond motifs is 1. The normalized spacial score (nSPS) is 21.4. The molecule has 0 fully saturated rings. The quantitative estimate of drug-likeness (QED) is 0.684. The molecule has 1 atom stereocenters. The fourth-order valence-corrected chi connectivity index (χ4v) is 1.94. The van der Waals surface area contributed by atoms with Crippen LogP contribution in [-0.4, -0.2) is 12.0 Å². The second kappa shape index (κ2) is 3.22. The van der Waals surface area contributed by atoms with Crippen LogP contribution in [0.1, 0.15) is 22.3 Å². The summed E-state index contributed by atoms with van der Waals surface area (Å²) >= 11 is 3.26. The van der Waals surface area contributed by atoms with Crippen LogP contribution in [0.3, 0.4) is 0 Å². The zero-order valence-corrected chi connectivity index (χ0v) is 8.47. The molecule has 0 aromatic heterocycles. The van der Waals surface area contributed by atoms with E-state index in [9.17, 15) is 9.18 Å². The van der Waals surface area contributed by atoms with Gasteiger partial charge in [-0.2, -0.15) is 0 Å². The number of hydrogen-bond donors (Lipinski definition) is 0. The number of alkyl halides is 1. The van der Waals surface area contributed by atoms with Crippen LogP contribution in [-0.2, 0) is 6.42 Å². The zero-order chi connectivity index (χ0) is 9.42. The van der Waals surface area contributed by atoms with Gasteiger partial charge in [0, 0.05) is 10.0 Å². The number of aryl methyl sites for hydroxylation is 1. The minimum atomic E-state index is -1.30. The van der Waals surface area contributed by atoms with E-state index in [1.807, 2.05) is 12.1 Å². The van der Waals surface area contributed by atoms with E-state index in [-0.39, 0.29) is 5.78 Å². The first-order chi connectivity index (χ1) is 6.18. The number of hydrogen-bond acceptors (Lipinski definition) is 1. The van der Waals surface area contributed by atoms with Gasteiger partial charge in [-0.25, -0.2) is 4.39 Å². The van der Waals surface area contributed by atoms with Gasteiger partial charge in [0.05, 0.1) is 0 Å². The minimum Gasteiger partial charge on any atom is -0.291 e. The molecule has 68 valence electrons. The predicted molar refractivity (Wildman–Crippen MR) is 51.7 cm³/mol. The molecule has 0 radical (unpaired) electrons. The third-order valence-corrected chi connectivity index (χ3v) is 2.78. The lowest BCUT2D eigenvalue weighted by atomic mass is 9.90. The summed E-state index contributed by atoms with van der Waals surface area (Å²) in [6.07, 6.45) is -0.315. The number of benzene rings is 1. The van der Waals surface area contributed by atoms with Crippen LogP contribution >= 0.6 is 15.9 Å². The second-order valence-corrected chi connectivity index (χ2v) is 4.09. The Balaban J connectivity index is 2.51. The lowest BCUT2D eigenvalue weighted by Crippen LogP contribution is -2.23. The van der Waals surface area contributed by atoms with Crippen molar-refractivity contribution >= 4 is 21.7 Å². The molecule has 0 heterocycles. The van der Waals surface area contributed by atoms with Gasteiger partial charge in [0.1, 0.15) is 0 Å². The summed E-state index contributed by atoms with van der Waals surface area (Å²) in [6.45, 7) is 0. The van der Waals surface area contributed by atoms with Crippen LogP contribution in [0.15, 0.2) is 22.7 Å². The Bertz CT molecular complexity index is 362. The third-order valence-electron chi connectivity index (χ3n) is 2.29. The van der Waals surface area contributed by atoms with E-state index in [2.05, 4.69) is 15.9 Å². The zero-order valence-electron chi connectivity index (χ0n) is 6.89. The Morgan fingerprint density at radius 1 is 1.46 bits per heavy atom. The molecule has 0 N–H and O–H groups in total.